The Kier molecular flexibility index (Phi) is 5.28. The molecule has 0 bridgehead atoms. The summed E-state index contributed by atoms with van der Waals surface area (Å²) in [6, 6.07) is 0. The predicted molar refractivity (Wildman–Crippen MR) is 78.7 cm³/mol. The molecular formula is C13H19F3N4OS. The number of hydrogen-bond acceptors (Lipinski definition) is 4. The molecule has 0 aliphatic heterocycles. The van der Waals surface area contributed by atoms with E-state index in [1.807, 2.05) is 6.92 Å². The summed E-state index contributed by atoms with van der Waals surface area (Å²) in [5, 5.41) is 16.7. The highest BCUT2D eigenvalue weighted by atomic mass is 32.1. The minimum absolute atomic E-state index is 0.0686. The van der Waals surface area contributed by atoms with Gasteiger partial charge in [-0.2, -0.15) is 13.2 Å². The smallest absolute Gasteiger partial charge is 0.396 e. The zero-order valence-corrected chi connectivity index (χ0v) is 13.0. The Balaban J connectivity index is 1.93. The maximum absolute atomic E-state index is 12.5. The van der Waals surface area contributed by atoms with E-state index < -0.39 is 11.9 Å². The fourth-order valence-electron chi connectivity index (χ4n) is 1.84. The standard InChI is InChI=1S/C13H19F3N4OS/c1-2-17-11(19-7-12(8-21)3-4-12)18-5-10-20-9(6-22-10)13(14,15)16/h6,21H,2-5,7-8H2,1H3,(H2,17,18,19). The van der Waals surface area contributed by atoms with Crippen molar-refractivity contribution in [1.82, 2.24) is 15.6 Å². The van der Waals surface area contributed by atoms with Crippen LogP contribution in [0.5, 0.6) is 0 Å². The first-order chi connectivity index (χ1) is 10.4. The van der Waals surface area contributed by atoms with Crippen LogP contribution in [0, 0.1) is 5.41 Å². The highest BCUT2D eigenvalue weighted by Crippen LogP contribution is 2.44. The van der Waals surface area contributed by atoms with Crippen molar-refractivity contribution in [2.75, 3.05) is 19.7 Å². The molecule has 1 fully saturated rings. The normalized spacial score (nSPS) is 17.4. The van der Waals surface area contributed by atoms with E-state index in [1.54, 1.807) is 0 Å². The number of nitrogens with one attached hydrogen (secondary N) is 2. The number of guanidine groups is 1. The molecule has 0 atom stereocenters. The Morgan fingerprint density at radius 3 is 2.68 bits per heavy atom. The molecule has 1 aliphatic carbocycles. The molecule has 5 nitrogen and oxygen atoms in total. The lowest BCUT2D eigenvalue weighted by Gasteiger charge is -2.16. The lowest BCUT2D eigenvalue weighted by atomic mass is 10.1. The van der Waals surface area contributed by atoms with E-state index in [-0.39, 0.29) is 18.6 Å². The molecule has 124 valence electrons. The average molecular weight is 336 g/mol. The third-order valence-corrected chi connectivity index (χ3v) is 4.32. The Bertz CT molecular complexity index is 526. The van der Waals surface area contributed by atoms with Gasteiger partial charge in [0.2, 0.25) is 0 Å². The van der Waals surface area contributed by atoms with E-state index in [1.165, 1.54) is 0 Å². The van der Waals surface area contributed by atoms with Gasteiger partial charge in [-0.25, -0.2) is 9.98 Å². The van der Waals surface area contributed by atoms with E-state index in [4.69, 9.17) is 0 Å². The molecule has 22 heavy (non-hydrogen) atoms. The zero-order valence-electron chi connectivity index (χ0n) is 12.2. The number of aliphatic imine (C=N–C) groups is 1. The molecule has 0 unspecified atom stereocenters. The second-order valence-electron chi connectivity index (χ2n) is 5.33. The number of aromatic nitrogens is 1. The number of aliphatic hydroxyl groups excluding tert-OH is 1. The lowest BCUT2D eigenvalue weighted by molar-refractivity contribution is -0.140. The minimum Gasteiger partial charge on any atom is -0.396 e. The number of thiazole rings is 1. The van der Waals surface area contributed by atoms with Crippen LogP contribution in [-0.4, -0.2) is 35.7 Å². The van der Waals surface area contributed by atoms with Gasteiger partial charge in [0.05, 0.1) is 13.2 Å². The Hall–Kier alpha value is -1.35. The first kappa shape index (κ1) is 17.0. The molecule has 1 aromatic rings. The predicted octanol–water partition coefficient (Wildman–Crippen LogP) is 1.99. The van der Waals surface area contributed by atoms with E-state index in [0.717, 1.165) is 29.6 Å². The maximum atomic E-state index is 12.5. The van der Waals surface area contributed by atoms with Crippen LogP contribution >= 0.6 is 11.3 Å². The van der Waals surface area contributed by atoms with Crippen LogP contribution in [-0.2, 0) is 12.7 Å². The molecule has 1 aromatic heterocycles. The summed E-state index contributed by atoms with van der Waals surface area (Å²) in [5.41, 5.74) is -0.946. The SMILES string of the molecule is CCNC(=NCc1nc(C(F)(F)F)cs1)NCC1(CO)CC1. The van der Waals surface area contributed by atoms with Crippen LogP contribution in [0.1, 0.15) is 30.5 Å². The van der Waals surface area contributed by atoms with Gasteiger partial charge in [0.1, 0.15) is 5.01 Å². The van der Waals surface area contributed by atoms with Gasteiger partial charge < -0.3 is 15.7 Å². The number of halogens is 3. The van der Waals surface area contributed by atoms with Gasteiger partial charge >= 0.3 is 6.18 Å². The number of nitrogens with zero attached hydrogens (tertiary/aromatic N) is 2. The largest absolute Gasteiger partial charge is 0.434 e. The minimum atomic E-state index is -4.42. The Morgan fingerprint density at radius 2 is 2.18 bits per heavy atom. The first-order valence-corrected chi connectivity index (χ1v) is 7.91. The molecule has 0 saturated heterocycles. The summed E-state index contributed by atoms with van der Waals surface area (Å²) < 4.78 is 37.4. The Morgan fingerprint density at radius 1 is 1.45 bits per heavy atom. The summed E-state index contributed by atoms with van der Waals surface area (Å²) in [7, 11) is 0. The van der Waals surface area contributed by atoms with E-state index >= 15 is 0 Å². The molecular weight excluding hydrogens is 317 g/mol. The second-order valence-corrected chi connectivity index (χ2v) is 6.27. The van der Waals surface area contributed by atoms with Gasteiger partial charge in [0.25, 0.3) is 0 Å². The van der Waals surface area contributed by atoms with Gasteiger partial charge in [-0.3, -0.25) is 0 Å². The molecule has 0 aromatic carbocycles. The summed E-state index contributed by atoms with van der Waals surface area (Å²) in [6.45, 7) is 3.36. The van der Waals surface area contributed by atoms with Crippen molar-refractivity contribution in [3.8, 4) is 0 Å². The van der Waals surface area contributed by atoms with Gasteiger partial charge in [-0.05, 0) is 19.8 Å². The van der Waals surface area contributed by atoms with Crippen molar-refractivity contribution in [3.05, 3.63) is 16.1 Å². The van der Waals surface area contributed by atoms with Crippen molar-refractivity contribution < 1.29 is 18.3 Å². The number of aliphatic hydroxyl groups is 1. The molecule has 3 N–H and O–H groups in total. The molecule has 2 rings (SSSR count). The number of alkyl halides is 3. The molecule has 0 amide bonds. The zero-order chi connectivity index (χ0) is 16.2. The van der Waals surface area contributed by atoms with Crippen LogP contribution in [0.4, 0.5) is 13.2 Å². The molecule has 1 aliphatic rings. The van der Waals surface area contributed by atoms with Crippen molar-refractivity contribution >= 4 is 17.3 Å². The second kappa shape index (κ2) is 6.82. The van der Waals surface area contributed by atoms with Crippen LogP contribution < -0.4 is 10.6 Å². The highest BCUT2D eigenvalue weighted by molar-refractivity contribution is 7.09. The van der Waals surface area contributed by atoms with Crippen LogP contribution in [0.2, 0.25) is 0 Å². The quantitative estimate of drug-likeness (QED) is 0.549. The fraction of sp³-hybridized carbons (Fsp3) is 0.692. The van der Waals surface area contributed by atoms with E-state index in [0.29, 0.717) is 24.1 Å². The van der Waals surface area contributed by atoms with E-state index in [9.17, 15) is 18.3 Å². The van der Waals surface area contributed by atoms with Gasteiger partial charge in [0.15, 0.2) is 11.7 Å². The van der Waals surface area contributed by atoms with Crippen molar-refractivity contribution in [2.24, 2.45) is 10.4 Å². The summed E-state index contributed by atoms with van der Waals surface area (Å²) >= 11 is 0.943. The fourth-order valence-corrected chi connectivity index (χ4v) is 2.57. The Labute approximate surface area is 130 Å². The summed E-state index contributed by atoms with van der Waals surface area (Å²) in [6.07, 6.45) is -2.48. The third kappa shape index (κ3) is 4.57. The van der Waals surface area contributed by atoms with Crippen molar-refractivity contribution in [2.45, 2.75) is 32.5 Å². The maximum Gasteiger partial charge on any atom is 0.434 e. The molecule has 0 radical (unpaired) electrons. The lowest BCUT2D eigenvalue weighted by Crippen LogP contribution is -2.41. The first-order valence-electron chi connectivity index (χ1n) is 7.03. The third-order valence-electron chi connectivity index (χ3n) is 3.48. The molecule has 1 saturated carbocycles. The number of rotatable bonds is 6. The monoisotopic (exact) mass is 336 g/mol. The topological polar surface area (TPSA) is 69.5 Å². The van der Waals surface area contributed by atoms with Gasteiger partial charge in [0, 0.05) is 23.9 Å². The van der Waals surface area contributed by atoms with Gasteiger partial charge in [-0.15, -0.1) is 11.3 Å². The highest BCUT2D eigenvalue weighted by Gasteiger charge is 2.41. The van der Waals surface area contributed by atoms with Crippen LogP contribution in [0.3, 0.4) is 0 Å². The molecule has 9 heteroatoms. The van der Waals surface area contributed by atoms with Crippen molar-refractivity contribution in [1.29, 1.82) is 0 Å². The van der Waals surface area contributed by atoms with E-state index in [2.05, 4.69) is 20.6 Å². The van der Waals surface area contributed by atoms with Crippen molar-refractivity contribution in [3.63, 3.8) is 0 Å². The molecule has 0 spiro atoms. The number of hydrogen-bond donors (Lipinski definition) is 3. The van der Waals surface area contributed by atoms with Crippen LogP contribution in [0.15, 0.2) is 10.4 Å². The summed E-state index contributed by atoms with van der Waals surface area (Å²) in [4.78, 5) is 7.78. The average Bonchev–Trinajstić information content (AvgIpc) is 3.08. The van der Waals surface area contributed by atoms with Crippen LogP contribution in [0.25, 0.3) is 0 Å². The van der Waals surface area contributed by atoms with Gasteiger partial charge in [-0.1, -0.05) is 0 Å². The summed E-state index contributed by atoms with van der Waals surface area (Å²) in [5.74, 6) is 0.519. The molecule has 1 heterocycles.